The van der Waals surface area contributed by atoms with E-state index >= 15 is 0 Å². The van der Waals surface area contributed by atoms with Crippen LogP contribution in [0.25, 0.3) is 0 Å². The van der Waals surface area contributed by atoms with Gasteiger partial charge < -0.3 is 19.7 Å². The number of hydrogen-bond donors (Lipinski definition) is 1. The molecule has 1 aromatic carbocycles. The quantitative estimate of drug-likeness (QED) is 0.741. The topological polar surface area (TPSA) is 84.9 Å². The first-order chi connectivity index (χ1) is 13.9. The Morgan fingerprint density at radius 1 is 1.10 bits per heavy atom. The van der Waals surface area contributed by atoms with Crippen LogP contribution in [-0.2, 0) is 25.5 Å². The van der Waals surface area contributed by atoms with Crippen LogP contribution in [0, 0.1) is 0 Å². The first kappa shape index (κ1) is 23.7. The number of esters is 1. The molecule has 0 radical (unpaired) electrons. The van der Waals surface area contributed by atoms with Gasteiger partial charge >= 0.3 is 12.1 Å². The molecule has 0 aliphatic carbocycles. The molecule has 2 amide bonds. The summed E-state index contributed by atoms with van der Waals surface area (Å²) in [6, 6.07) is 8.64. The number of nitrogens with one attached hydrogen (secondary N) is 1. The van der Waals surface area contributed by atoms with Crippen LogP contribution in [0.2, 0.25) is 0 Å². The summed E-state index contributed by atoms with van der Waals surface area (Å²) < 4.78 is 11.2. The van der Waals surface area contributed by atoms with Crippen molar-refractivity contribution in [2.75, 3.05) is 6.54 Å². The number of carbonyl (C=O) groups excluding carboxylic acids is 3. The van der Waals surface area contributed by atoms with Crippen molar-refractivity contribution in [3.8, 4) is 0 Å². The van der Waals surface area contributed by atoms with Gasteiger partial charge in [0, 0.05) is 12.1 Å². The first-order valence-electron chi connectivity index (χ1n) is 10.4. The summed E-state index contributed by atoms with van der Waals surface area (Å²) in [5.74, 6) is -0.921. The Bertz CT molecular complexity index is 749. The van der Waals surface area contributed by atoms with Crippen LogP contribution in [0.5, 0.6) is 0 Å². The zero-order chi connectivity index (χ0) is 22.5. The number of amides is 2. The van der Waals surface area contributed by atoms with E-state index in [0.29, 0.717) is 19.4 Å². The molecule has 1 aliphatic heterocycles. The SMILES string of the molecule is CC(C)(C)NC(=O)C(OC(=O)Cc1ccccc1)C1CCCN1C(=O)OC(C)(C)C. The minimum atomic E-state index is -1.10. The number of likely N-dealkylation sites (tertiary alicyclic amines) is 1. The molecule has 1 aliphatic rings. The van der Waals surface area contributed by atoms with Crippen LogP contribution >= 0.6 is 0 Å². The van der Waals surface area contributed by atoms with E-state index in [-0.39, 0.29) is 6.42 Å². The standard InChI is InChI=1S/C23H34N2O5/c1-22(2,3)24-20(27)19(29-18(26)15-16-11-8-7-9-12-16)17-13-10-14-25(17)21(28)30-23(4,5)6/h7-9,11-12,17,19H,10,13-15H2,1-6H3,(H,24,27). The lowest BCUT2D eigenvalue weighted by Crippen LogP contribution is -2.55. The van der Waals surface area contributed by atoms with Crippen molar-refractivity contribution in [2.45, 2.75) is 84.1 Å². The Labute approximate surface area is 179 Å². The maximum absolute atomic E-state index is 13.0. The van der Waals surface area contributed by atoms with Crippen LogP contribution < -0.4 is 5.32 Å². The normalized spacial score (nSPS) is 17.9. The minimum Gasteiger partial charge on any atom is -0.450 e. The third kappa shape index (κ3) is 7.35. The monoisotopic (exact) mass is 418 g/mol. The van der Waals surface area contributed by atoms with E-state index < -0.39 is 41.3 Å². The third-order valence-electron chi connectivity index (χ3n) is 4.48. The Balaban J connectivity index is 2.20. The van der Waals surface area contributed by atoms with Gasteiger partial charge in [-0.25, -0.2) is 4.79 Å². The van der Waals surface area contributed by atoms with Gasteiger partial charge in [-0.2, -0.15) is 0 Å². The van der Waals surface area contributed by atoms with Crippen LogP contribution in [0.15, 0.2) is 30.3 Å². The fraction of sp³-hybridized carbons (Fsp3) is 0.609. The molecule has 7 heteroatoms. The summed E-state index contributed by atoms with van der Waals surface area (Å²) in [4.78, 5) is 39.8. The van der Waals surface area contributed by atoms with Crippen LogP contribution in [0.3, 0.4) is 0 Å². The predicted octanol–water partition coefficient (Wildman–Crippen LogP) is 3.46. The fourth-order valence-corrected chi connectivity index (χ4v) is 3.35. The molecule has 7 nitrogen and oxygen atoms in total. The smallest absolute Gasteiger partial charge is 0.410 e. The van der Waals surface area contributed by atoms with Crippen molar-refractivity contribution in [1.82, 2.24) is 10.2 Å². The van der Waals surface area contributed by atoms with E-state index in [1.54, 1.807) is 20.8 Å². The molecule has 2 rings (SSSR count). The fourth-order valence-electron chi connectivity index (χ4n) is 3.35. The van der Waals surface area contributed by atoms with E-state index in [2.05, 4.69) is 5.32 Å². The Hall–Kier alpha value is -2.57. The van der Waals surface area contributed by atoms with Gasteiger partial charge in [0.1, 0.15) is 5.60 Å². The van der Waals surface area contributed by atoms with Gasteiger partial charge in [-0.15, -0.1) is 0 Å². The van der Waals surface area contributed by atoms with Crippen LogP contribution in [-0.4, -0.2) is 52.7 Å². The Morgan fingerprint density at radius 3 is 2.30 bits per heavy atom. The second-order valence-corrected chi connectivity index (χ2v) is 9.70. The van der Waals surface area contributed by atoms with Crippen molar-refractivity contribution < 1.29 is 23.9 Å². The molecule has 1 heterocycles. The van der Waals surface area contributed by atoms with Gasteiger partial charge in [-0.3, -0.25) is 9.59 Å². The highest BCUT2D eigenvalue weighted by Crippen LogP contribution is 2.25. The zero-order valence-electron chi connectivity index (χ0n) is 18.9. The third-order valence-corrected chi connectivity index (χ3v) is 4.48. The number of carbonyl (C=O) groups is 3. The Kier molecular flexibility index (Phi) is 7.50. The number of nitrogens with zero attached hydrogens (tertiary/aromatic N) is 1. The molecule has 0 saturated carbocycles. The summed E-state index contributed by atoms with van der Waals surface area (Å²) >= 11 is 0. The van der Waals surface area contributed by atoms with Crippen molar-refractivity contribution in [3.63, 3.8) is 0 Å². The van der Waals surface area contributed by atoms with Crippen molar-refractivity contribution >= 4 is 18.0 Å². The lowest BCUT2D eigenvalue weighted by Gasteiger charge is -2.33. The van der Waals surface area contributed by atoms with Gasteiger partial charge in [0.25, 0.3) is 5.91 Å². The van der Waals surface area contributed by atoms with Gasteiger partial charge in [0.15, 0.2) is 6.10 Å². The highest BCUT2D eigenvalue weighted by atomic mass is 16.6. The van der Waals surface area contributed by atoms with Gasteiger partial charge in [-0.05, 0) is 59.9 Å². The molecular formula is C23H34N2O5. The van der Waals surface area contributed by atoms with E-state index in [0.717, 1.165) is 5.56 Å². The number of ether oxygens (including phenoxy) is 2. The predicted molar refractivity (Wildman–Crippen MR) is 114 cm³/mol. The molecule has 2 unspecified atom stereocenters. The molecule has 0 spiro atoms. The zero-order valence-corrected chi connectivity index (χ0v) is 18.9. The molecule has 0 aromatic heterocycles. The number of hydrogen-bond acceptors (Lipinski definition) is 5. The van der Waals surface area contributed by atoms with E-state index in [9.17, 15) is 14.4 Å². The van der Waals surface area contributed by atoms with Crippen LogP contribution in [0.4, 0.5) is 4.79 Å². The first-order valence-corrected chi connectivity index (χ1v) is 10.4. The summed E-state index contributed by atoms with van der Waals surface area (Å²) in [6.07, 6.45) is -0.285. The maximum atomic E-state index is 13.0. The summed E-state index contributed by atoms with van der Waals surface area (Å²) in [5.41, 5.74) is -0.360. The average Bonchev–Trinajstić information content (AvgIpc) is 3.07. The molecule has 2 atom stereocenters. The largest absolute Gasteiger partial charge is 0.450 e. The highest BCUT2D eigenvalue weighted by Gasteiger charge is 2.43. The number of rotatable bonds is 5. The molecule has 1 fully saturated rings. The minimum absolute atomic E-state index is 0.0549. The van der Waals surface area contributed by atoms with Crippen LogP contribution in [0.1, 0.15) is 59.9 Å². The molecule has 30 heavy (non-hydrogen) atoms. The second kappa shape index (κ2) is 9.49. The van der Waals surface area contributed by atoms with Gasteiger partial charge in [-0.1, -0.05) is 30.3 Å². The van der Waals surface area contributed by atoms with Gasteiger partial charge in [0.05, 0.1) is 12.5 Å². The molecular weight excluding hydrogens is 384 g/mol. The average molecular weight is 419 g/mol. The van der Waals surface area contributed by atoms with E-state index in [1.165, 1.54) is 4.90 Å². The van der Waals surface area contributed by atoms with Gasteiger partial charge in [0.2, 0.25) is 0 Å². The molecule has 0 bridgehead atoms. The van der Waals surface area contributed by atoms with Crippen molar-refractivity contribution in [2.24, 2.45) is 0 Å². The summed E-state index contributed by atoms with van der Waals surface area (Å²) in [5, 5.41) is 2.88. The Morgan fingerprint density at radius 2 is 1.73 bits per heavy atom. The lowest BCUT2D eigenvalue weighted by molar-refractivity contribution is -0.159. The van der Waals surface area contributed by atoms with E-state index in [1.807, 2.05) is 51.1 Å². The molecule has 166 valence electrons. The molecule has 1 saturated heterocycles. The number of benzene rings is 1. The lowest BCUT2D eigenvalue weighted by atomic mass is 10.0. The van der Waals surface area contributed by atoms with Crippen molar-refractivity contribution in [3.05, 3.63) is 35.9 Å². The molecule has 1 aromatic rings. The maximum Gasteiger partial charge on any atom is 0.410 e. The summed E-state index contributed by atoms with van der Waals surface area (Å²) in [7, 11) is 0. The molecule has 1 N–H and O–H groups in total. The van der Waals surface area contributed by atoms with Crippen molar-refractivity contribution in [1.29, 1.82) is 0 Å². The van der Waals surface area contributed by atoms with E-state index in [4.69, 9.17) is 9.47 Å². The summed E-state index contributed by atoms with van der Waals surface area (Å²) in [6.45, 7) is 11.4. The highest BCUT2D eigenvalue weighted by molar-refractivity contribution is 5.86. The second-order valence-electron chi connectivity index (χ2n) is 9.70.